The van der Waals surface area contributed by atoms with E-state index in [1.165, 1.54) is 51.4 Å². The van der Waals surface area contributed by atoms with Crippen LogP contribution in [0.4, 0.5) is 0 Å². The molecular formula is C27H46O3. The number of carbonyl (C=O) groups is 1. The summed E-state index contributed by atoms with van der Waals surface area (Å²) < 4.78 is 0. The number of aliphatic carboxylic acids is 1. The molecule has 0 spiro atoms. The van der Waals surface area contributed by atoms with Crippen LogP contribution in [-0.4, -0.2) is 16.2 Å². The van der Waals surface area contributed by atoms with E-state index in [1.54, 1.807) is 0 Å². The SMILES string of the molecule is CCCCCCCCCCCCC(Cc1cc(C(C)C)c(O)c(C(C)C)c1)C(=O)O. The van der Waals surface area contributed by atoms with Crippen molar-refractivity contribution in [3.8, 4) is 5.75 Å². The largest absolute Gasteiger partial charge is 0.507 e. The van der Waals surface area contributed by atoms with E-state index in [9.17, 15) is 15.0 Å². The van der Waals surface area contributed by atoms with Crippen molar-refractivity contribution in [2.75, 3.05) is 0 Å². The molecule has 1 aromatic rings. The number of rotatable bonds is 16. The lowest BCUT2D eigenvalue weighted by Crippen LogP contribution is -2.17. The minimum absolute atomic E-state index is 0.215. The third kappa shape index (κ3) is 9.53. The van der Waals surface area contributed by atoms with Gasteiger partial charge in [-0.2, -0.15) is 0 Å². The van der Waals surface area contributed by atoms with Gasteiger partial charge in [0.2, 0.25) is 0 Å². The van der Waals surface area contributed by atoms with Gasteiger partial charge in [-0.05, 0) is 41.4 Å². The highest BCUT2D eigenvalue weighted by Gasteiger charge is 2.21. The Morgan fingerprint density at radius 2 is 1.23 bits per heavy atom. The van der Waals surface area contributed by atoms with E-state index in [0.717, 1.165) is 36.0 Å². The van der Waals surface area contributed by atoms with Gasteiger partial charge in [-0.3, -0.25) is 4.79 Å². The van der Waals surface area contributed by atoms with Crippen LogP contribution in [0.3, 0.4) is 0 Å². The lowest BCUT2D eigenvalue weighted by atomic mass is 9.87. The average molecular weight is 419 g/mol. The molecule has 0 saturated heterocycles. The van der Waals surface area contributed by atoms with E-state index < -0.39 is 5.97 Å². The van der Waals surface area contributed by atoms with Crippen molar-refractivity contribution in [2.45, 2.75) is 124 Å². The number of hydrogen-bond donors (Lipinski definition) is 2. The molecule has 2 N–H and O–H groups in total. The maximum absolute atomic E-state index is 11.9. The molecule has 1 aromatic carbocycles. The minimum atomic E-state index is -0.698. The van der Waals surface area contributed by atoms with Crippen molar-refractivity contribution in [1.29, 1.82) is 0 Å². The molecule has 0 radical (unpaired) electrons. The highest BCUT2D eigenvalue weighted by molar-refractivity contribution is 5.70. The molecule has 0 amide bonds. The topological polar surface area (TPSA) is 57.5 Å². The van der Waals surface area contributed by atoms with Gasteiger partial charge in [0.25, 0.3) is 0 Å². The van der Waals surface area contributed by atoms with Crippen LogP contribution in [0.25, 0.3) is 0 Å². The highest BCUT2D eigenvalue weighted by atomic mass is 16.4. The summed E-state index contributed by atoms with van der Waals surface area (Å²) in [6, 6.07) is 4.03. The first-order chi connectivity index (χ1) is 14.3. The second-order valence-electron chi connectivity index (χ2n) is 9.64. The van der Waals surface area contributed by atoms with Crippen molar-refractivity contribution in [2.24, 2.45) is 5.92 Å². The first kappa shape index (κ1) is 26.5. The first-order valence-corrected chi connectivity index (χ1v) is 12.4. The molecule has 1 rings (SSSR count). The number of carboxylic acid groups (broad SMARTS) is 1. The summed E-state index contributed by atoms with van der Waals surface area (Å²) in [7, 11) is 0. The molecule has 30 heavy (non-hydrogen) atoms. The fraction of sp³-hybridized carbons (Fsp3) is 0.741. The Kier molecular flexibility index (Phi) is 12.8. The second-order valence-corrected chi connectivity index (χ2v) is 9.64. The van der Waals surface area contributed by atoms with Crippen LogP contribution in [-0.2, 0) is 11.2 Å². The van der Waals surface area contributed by atoms with Crippen molar-refractivity contribution in [3.63, 3.8) is 0 Å². The zero-order valence-corrected chi connectivity index (χ0v) is 20.2. The molecule has 0 aliphatic rings. The van der Waals surface area contributed by atoms with Gasteiger partial charge in [0, 0.05) is 0 Å². The van der Waals surface area contributed by atoms with E-state index in [2.05, 4.69) is 34.6 Å². The summed E-state index contributed by atoms with van der Waals surface area (Å²) >= 11 is 0. The van der Waals surface area contributed by atoms with Gasteiger partial charge in [-0.15, -0.1) is 0 Å². The van der Waals surface area contributed by atoms with Gasteiger partial charge in [-0.25, -0.2) is 0 Å². The predicted molar refractivity (Wildman–Crippen MR) is 128 cm³/mol. The molecule has 3 heteroatoms. The third-order valence-electron chi connectivity index (χ3n) is 6.21. The second kappa shape index (κ2) is 14.5. The molecule has 1 atom stereocenters. The quantitative estimate of drug-likeness (QED) is 0.266. The molecule has 0 fully saturated rings. The Morgan fingerprint density at radius 1 is 0.800 bits per heavy atom. The van der Waals surface area contributed by atoms with E-state index in [-0.39, 0.29) is 17.8 Å². The van der Waals surface area contributed by atoms with Crippen LogP contribution in [0.2, 0.25) is 0 Å². The molecule has 0 saturated carbocycles. The summed E-state index contributed by atoms with van der Waals surface area (Å²) in [5.74, 6) is -0.231. The molecular weight excluding hydrogens is 372 g/mol. The van der Waals surface area contributed by atoms with E-state index in [0.29, 0.717) is 12.2 Å². The van der Waals surface area contributed by atoms with Gasteiger partial charge >= 0.3 is 5.97 Å². The van der Waals surface area contributed by atoms with Gasteiger partial charge in [-0.1, -0.05) is 111 Å². The van der Waals surface area contributed by atoms with Gasteiger partial charge in [0.05, 0.1) is 5.92 Å². The molecule has 1 unspecified atom stereocenters. The molecule has 0 bridgehead atoms. The minimum Gasteiger partial charge on any atom is -0.507 e. The Labute approximate surface area is 185 Å². The summed E-state index contributed by atoms with van der Waals surface area (Å²) in [5, 5.41) is 20.3. The molecule has 0 aliphatic heterocycles. The number of aromatic hydroxyl groups is 1. The van der Waals surface area contributed by atoms with Gasteiger partial charge < -0.3 is 10.2 Å². The summed E-state index contributed by atoms with van der Waals surface area (Å²) in [5.41, 5.74) is 2.90. The summed E-state index contributed by atoms with van der Waals surface area (Å²) in [6.45, 7) is 10.5. The first-order valence-electron chi connectivity index (χ1n) is 12.4. The monoisotopic (exact) mass is 418 g/mol. The zero-order chi connectivity index (χ0) is 22.5. The number of hydrogen-bond acceptors (Lipinski definition) is 2. The van der Waals surface area contributed by atoms with Crippen LogP contribution >= 0.6 is 0 Å². The Hall–Kier alpha value is -1.51. The van der Waals surface area contributed by atoms with Crippen LogP contribution in [0.1, 0.15) is 134 Å². The number of phenols is 1. The molecule has 3 nitrogen and oxygen atoms in total. The van der Waals surface area contributed by atoms with Crippen LogP contribution in [0.15, 0.2) is 12.1 Å². The predicted octanol–water partition coefficient (Wildman–Crippen LogP) is 8.19. The summed E-state index contributed by atoms with van der Waals surface area (Å²) in [4.78, 5) is 11.9. The van der Waals surface area contributed by atoms with Gasteiger partial charge in [0.15, 0.2) is 0 Å². The van der Waals surface area contributed by atoms with Gasteiger partial charge in [0.1, 0.15) is 5.75 Å². The fourth-order valence-corrected chi connectivity index (χ4v) is 4.22. The average Bonchev–Trinajstić information content (AvgIpc) is 2.68. The fourth-order valence-electron chi connectivity index (χ4n) is 4.22. The molecule has 0 aromatic heterocycles. The number of unbranched alkanes of at least 4 members (excludes halogenated alkanes) is 9. The van der Waals surface area contributed by atoms with Crippen molar-refractivity contribution < 1.29 is 15.0 Å². The maximum Gasteiger partial charge on any atom is 0.306 e. The Morgan fingerprint density at radius 3 is 1.63 bits per heavy atom. The third-order valence-corrected chi connectivity index (χ3v) is 6.21. The number of phenolic OH excluding ortho intramolecular Hbond substituents is 1. The smallest absolute Gasteiger partial charge is 0.306 e. The molecule has 0 heterocycles. The van der Waals surface area contributed by atoms with Crippen molar-refractivity contribution in [3.05, 3.63) is 28.8 Å². The standard InChI is InChI=1S/C27H46O3/c1-6-7-8-9-10-11-12-13-14-15-16-23(27(29)30)17-22-18-24(20(2)3)26(28)25(19-22)21(4)5/h18-21,23,28H,6-17H2,1-5H3,(H,29,30). The van der Waals surface area contributed by atoms with E-state index >= 15 is 0 Å². The zero-order valence-electron chi connectivity index (χ0n) is 20.2. The van der Waals surface area contributed by atoms with Crippen LogP contribution in [0.5, 0.6) is 5.75 Å². The number of carboxylic acids is 1. The Bertz CT molecular complexity index is 590. The van der Waals surface area contributed by atoms with Crippen molar-refractivity contribution >= 4 is 5.97 Å². The molecule has 172 valence electrons. The van der Waals surface area contributed by atoms with Crippen LogP contribution < -0.4 is 0 Å². The lowest BCUT2D eigenvalue weighted by molar-refractivity contribution is -0.142. The van der Waals surface area contributed by atoms with Crippen molar-refractivity contribution in [1.82, 2.24) is 0 Å². The normalized spacial score (nSPS) is 12.6. The van der Waals surface area contributed by atoms with E-state index in [1.807, 2.05) is 12.1 Å². The molecule has 0 aliphatic carbocycles. The Balaban J connectivity index is 2.53. The number of benzene rings is 1. The highest BCUT2D eigenvalue weighted by Crippen LogP contribution is 2.35. The maximum atomic E-state index is 11.9. The van der Waals surface area contributed by atoms with Crippen LogP contribution in [0, 0.1) is 5.92 Å². The summed E-state index contributed by atoms with van der Waals surface area (Å²) in [6.07, 6.45) is 13.9. The lowest BCUT2D eigenvalue weighted by Gasteiger charge is -2.19. The van der Waals surface area contributed by atoms with E-state index in [4.69, 9.17) is 0 Å².